The number of hydrogen-bond donors (Lipinski definition) is 2. The number of nitrogens with zero attached hydrogens (tertiary/aromatic N) is 4. The average Bonchev–Trinajstić information content (AvgIpc) is 3.16. The van der Waals surface area contributed by atoms with Crippen LogP contribution in [0.4, 0.5) is 4.39 Å². The van der Waals surface area contributed by atoms with Gasteiger partial charge in [0, 0.05) is 7.05 Å². The SMILES string of the molecule is CC(C)[C@@H](NC(=O)c1ccccc1F)c1nnc(SCc2nc3ccccc3c(=O)[nH]2)n1C. The van der Waals surface area contributed by atoms with Crippen molar-refractivity contribution >= 4 is 28.6 Å². The second kappa shape index (κ2) is 9.53. The monoisotopic (exact) mass is 466 g/mol. The number of aromatic amines is 1. The molecule has 4 aromatic rings. The third-order valence-corrected chi connectivity index (χ3v) is 6.25. The van der Waals surface area contributed by atoms with Gasteiger partial charge in [-0.3, -0.25) is 9.59 Å². The molecular weight excluding hydrogens is 443 g/mol. The summed E-state index contributed by atoms with van der Waals surface area (Å²) in [5.41, 5.74) is 0.420. The Hall–Kier alpha value is -3.53. The number of H-pyrrole nitrogens is 1. The van der Waals surface area contributed by atoms with Gasteiger partial charge in [0.2, 0.25) is 0 Å². The van der Waals surface area contributed by atoms with Crippen molar-refractivity contribution in [1.29, 1.82) is 0 Å². The molecule has 4 rings (SSSR count). The van der Waals surface area contributed by atoms with Crippen molar-refractivity contribution in [3.63, 3.8) is 0 Å². The van der Waals surface area contributed by atoms with E-state index in [4.69, 9.17) is 0 Å². The second-order valence-electron chi connectivity index (χ2n) is 7.89. The van der Waals surface area contributed by atoms with Gasteiger partial charge in [0.25, 0.3) is 11.5 Å². The van der Waals surface area contributed by atoms with E-state index >= 15 is 0 Å². The molecule has 33 heavy (non-hydrogen) atoms. The van der Waals surface area contributed by atoms with Crippen LogP contribution in [0.15, 0.2) is 58.5 Å². The van der Waals surface area contributed by atoms with Crippen molar-refractivity contribution in [3.05, 3.63) is 81.9 Å². The maximum atomic E-state index is 14.0. The van der Waals surface area contributed by atoms with Crippen LogP contribution in [0.5, 0.6) is 0 Å². The fourth-order valence-electron chi connectivity index (χ4n) is 3.45. The molecule has 0 unspecified atom stereocenters. The predicted molar refractivity (Wildman–Crippen MR) is 124 cm³/mol. The molecule has 0 saturated carbocycles. The Balaban J connectivity index is 1.52. The number of rotatable bonds is 7. The zero-order valence-electron chi connectivity index (χ0n) is 18.4. The van der Waals surface area contributed by atoms with E-state index in [1.807, 2.05) is 19.9 Å². The van der Waals surface area contributed by atoms with Gasteiger partial charge in [0.05, 0.1) is 28.3 Å². The molecule has 10 heteroatoms. The molecular formula is C23H23FN6O2S. The summed E-state index contributed by atoms with van der Waals surface area (Å²) >= 11 is 1.37. The molecule has 0 fully saturated rings. The topological polar surface area (TPSA) is 106 Å². The van der Waals surface area contributed by atoms with E-state index in [1.54, 1.807) is 35.9 Å². The first kappa shape index (κ1) is 22.7. The molecule has 8 nitrogen and oxygen atoms in total. The summed E-state index contributed by atoms with van der Waals surface area (Å²) < 4.78 is 15.8. The molecule has 0 spiro atoms. The predicted octanol–water partition coefficient (Wildman–Crippen LogP) is 3.61. The van der Waals surface area contributed by atoms with E-state index in [9.17, 15) is 14.0 Å². The fourth-order valence-corrected chi connectivity index (χ4v) is 4.24. The van der Waals surface area contributed by atoms with Gasteiger partial charge in [-0.25, -0.2) is 9.37 Å². The van der Waals surface area contributed by atoms with Crippen LogP contribution in [0, 0.1) is 11.7 Å². The Labute approximate surface area is 193 Å². The van der Waals surface area contributed by atoms with Crippen LogP contribution in [0.3, 0.4) is 0 Å². The van der Waals surface area contributed by atoms with Gasteiger partial charge in [-0.15, -0.1) is 10.2 Å². The zero-order chi connectivity index (χ0) is 23.5. The number of para-hydroxylation sites is 1. The van der Waals surface area contributed by atoms with Crippen molar-refractivity contribution in [3.8, 4) is 0 Å². The Morgan fingerprint density at radius 3 is 2.64 bits per heavy atom. The molecule has 0 saturated heterocycles. The van der Waals surface area contributed by atoms with Gasteiger partial charge in [-0.05, 0) is 30.2 Å². The summed E-state index contributed by atoms with van der Waals surface area (Å²) in [4.78, 5) is 32.3. The van der Waals surface area contributed by atoms with Crippen LogP contribution in [-0.2, 0) is 12.8 Å². The summed E-state index contributed by atoms with van der Waals surface area (Å²) in [6.07, 6.45) is 0. The van der Waals surface area contributed by atoms with E-state index in [1.165, 1.54) is 30.0 Å². The van der Waals surface area contributed by atoms with Gasteiger partial charge in [-0.2, -0.15) is 0 Å². The van der Waals surface area contributed by atoms with Crippen molar-refractivity contribution in [2.75, 3.05) is 0 Å². The molecule has 2 aromatic heterocycles. The van der Waals surface area contributed by atoms with Crippen molar-refractivity contribution in [2.24, 2.45) is 13.0 Å². The zero-order valence-corrected chi connectivity index (χ0v) is 19.2. The Morgan fingerprint density at radius 2 is 1.88 bits per heavy atom. The smallest absolute Gasteiger partial charge is 0.258 e. The lowest BCUT2D eigenvalue weighted by atomic mass is 10.0. The van der Waals surface area contributed by atoms with E-state index < -0.39 is 17.8 Å². The minimum Gasteiger partial charge on any atom is -0.342 e. The van der Waals surface area contributed by atoms with Crippen LogP contribution >= 0.6 is 11.8 Å². The first-order valence-corrected chi connectivity index (χ1v) is 11.4. The van der Waals surface area contributed by atoms with Gasteiger partial charge >= 0.3 is 0 Å². The molecule has 2 heterocycles. The third kappa shape index (κ3) is 4.80. The van der Waals surface area contributed by atoms with E-state index in [0.717, 1.165) is 0 Å². The highest BCUT2D eigenvalue weighted by molar-refractivity contribution is 7.98. The Kier molecular flexibility index (Phi) is 6.55. The van der Waals surface area contributed by atoms with Gasteiger partial charge < -0.3 is 14.9 Å². The van der Waals surface area contributed by atoms with Crippen LogP contribution in [0.25, 0.3) is 10.9 Å². The summed E-state index contributed by atoms with van der Waals surface area (Å²) in [6.45, 7) is 3.88. The number of benzene rings is 2. The van der Waals surface area contributed by atoms with Crippen molar-refractivity contribution < 1.29 is 9.18 Å². The quantitative estimate of drug-likeness (QED) is 0.403. The molecule has 170 valence electrons. The first-order chi connectivity index (χ1) is 15.8. The van der Waals surface area contributed by atoms with E-state index in [2.05, 4.69) is 25.5 Å². The first-order valence-electron chi connectivity index (χ1n) is 10.4. The number of fused-ring (bicyclic) bond motifs is 1. The molecule has 0 aliphatic rings. The van der Waals surface area contributed by atoms with Crippen LogP contribution < -0.4 is 10.9 Å². The van der Waals surface area contributed by atoms with E-state index in [-0.39, 0.29) is 17.0 Å². The Bertz CT molecular complexity index is 1370. The lowest BCUT2D eigenvalue weighted by molar-refractivity contribution is 0.0918. The number of thioether (sulfide) groups is 1. The normalized spacial score (nSPS) is 12.3. The highest BCUT2D eigenvalue weighted by Crippen LogP contribution is 2.26. The second-order valence-corrected chi connectivity index (χ2v) is 8.84. The molecule has 1 atom stereocenters. The van der Waals surface area contributed by atoms with E-state index in [0.29, 0.717) is 33.5 Å². The maximum absolute atomic E-state index is 14.0. The number of amides is 1. The molecule has 0 aliphatic heterocycles. The molecule has 2 N–H and O–H groups in total. The highest BCUT2D eigenvalue weighted by atomic mass is 32.2. The lowest BCUT2D eigenvalue weighted by Gasteiger charge is -2.21. The maximum Gasteiger partial charge on any atom is 0.258 e. The summed E-state index contributed by atoms with van der Waals surface area (Å²) in [7, 11) is 1.80. The number of hydrogen-bond acceptors (Lipinski definition) is 6. The number of halogens is 1. The molecule has 0 bridgehead atoms. The van der Waals surface area contributed by atoms with Gasteiger partial charge in [0.1, 0.15) is 11.6 Å². The number of aromatic nitrogens is 5. The number of carbonyl (C=O) groups excluding carboxylic acids is 1. The minimum absolute atomic E-state index is 0.0139. The molecule has 1 amide bonds. The fraction of sp³-hybridized carbons (Fsp3) is 0.261. The summed E-state index contributed by atoms with van der Waals surface area (Å²) in [5.74, 6) is 0.365. The average molecular weight is 467 g/mol. The van der Waals surface area contributed by atoms with Crippen molar-refractivity contribution in [1.82, 2.24) is 30.0 Å². The molecule has 0 aliphatic carbocycles. The minimum atomic E-state index is -0.580. The largest absolute Gasteiger partial charge is 0.342 e. The van der Waals surface area contributed by atoms with Gasteiger partial charge in [-0.1, -0.05) is 49.9 Å². The van der Waals surface area contributed by atoms with Crippen LogP contribution in [-0.4, -0.2) is 30.6 Å². The number of carbonyl (C=O) groups is 1. The summed E-state index contributed by atoms with van der Waals surface area (Å²) in [5, 5.41) is 12.5. The lowest BCUT2D eigenvalue weighted by Crippen LogP contribution is -2.34. The molecule has 0 radical (unpaired) electrons. The van der Waals surface area contributed by atoms with Crippen LogP contribution in [0.2, 0.25) is 0 Å². The summed E-state index contributed by atoms with van der Waals surface area (Å²) in [6, 6.07) is 12.5. The van der Waals surface area contributed by atoms with Crippen molar-refractivity contribution in [2.45, 2.75) is 30.8 Å². The third-order valence-electron chi connectivity index (χ3n) is 5.22. The number of nitrogens with one attached hydrogen (secondary N) is 2. The highest BCUT2D eigenvalue weighted by Gasteiger charge is 2.26. The van der Waals surface area contributed by atoms with Crippen LogP contribution in [0.1, 0.15) is 41.9 Å². The standard InChI is InChI=1S/C23H23FN6O2S/c1-13(2)19(27-21(31)14-8-4-6-10-16(14)24)20-28-29-23(30(20)3)33-12-18-25-17-11-7-5-9-15(17)22(32)26-18/h4-11,13,19H,12H2,1-3H3,(H,27,31)(H,25,26,32)/t19-/m1/s1. The Morgan fingerprint density at radius 1 is 1.15 bits per heavy atom. The van der Waals surface area contributed by atoms with Gasteiger partial charge in [0.15, 0.2) is 11.0 Å². The molecule has 2 aromatic carbocycles.